The van der Waals surface area contributed by atoms with Crippen molar-refractivity contribution in [2.24, 2.45) is 5.92 Å². The summed E-state index contributed by atoms with van der Waals surface area (Å²) < 4.78 is 46.0. The van der Waals surface area contributed by atoms with Crippen LogP contribution in [0.25, 0.3) is 0 Å². The van der Waals surface area contributed by atoms with E-state index in [1.54, 1.807) is 80.2 Å². The van der Waals surface area contributed by atoms with E-state index in [2.05, 4.69) is 10.3 Å². The van der Waals surface area contributed by atoms with Crippen molar-refractivity contribution >= 4 is 39.8 Å². The van der Waals surface area contributed by atoms with Gasteiger partial charge in [0.15, 0.2) is 0 Å². The van der Waals surface area contributed by atoms with Crippen molar-refractivity contribution in [2.75, 3.05) is 29.1 Å². The van der Waals surface area contributed by atoms with Crippen LogP contribution in [0.15, 0.2) is 18.5 Å². The number of anilines is 2. The maximum atomic E-state index is 13.3. The van der Waals surface area contributed by atoms with Crippen LogP contribution in [0, 0.1) is 5.92 Å². The fraction of sp³-hybridized carbons (Fsp3) is 0.704. The summed E-state index contributed by atoms with van der Waals surface area (Å²) in [6.07, 6.45) is 0.173. The highest BCUT2D eigenvalue weighted by Crippen LogP contribution is 2.35. The molecule has 2 heterocycles. The number of alkyl carbamates (subject to hydrolysis) is 1. The minimum absolute atomic E-state index is 0.0528. The fourth-order valence-electron chi connectivity index (χ4n) is 4.12. The first-order valence-corrected chi connectivity index (χ1v) is 15.1. The molecule has 0 radical (unpaired) electrons. The molecule has 14 heteroatoms. The highest BCUT2D eigenvalue weighted by molar-refractivity contribution is 7.86. The normalized spacial score (nSPS) is 20.2. The van der Waals surface area contributed by atoms with E-state index in [0.29, 0.717) is 5.69 Å². The number of carbonyl (C=O) groups is 3. The molecule has 1 saturated heterocycles. The highest BCUT2D eigenvalue weighted by Gasteiger charge is 2.41. The Balaban J connectivity index is 2.56. The first-order chi connectivity index (χ1) is 18.5. The summed E-state index contributed by atoms with van der Waals surface area (Å²) in [6.45, 7) is 17.2. The second-order valence-electron chi connectivity index (χ2n) is 13.1. The molecule has 232 valence electrons. The van der Waals surface area contributed by atoms with E-state index >= 15 is 0 Å². The van der Waals surface area contributed by atoms with Gasteiger partial charge in [-0.3, -0.25) is 9.17 Å². The number of imide groups is 1. The van der Waals surface area contributed by atoms with E-state index < -0.39 is 63.3 Å². The van der Waals surface area contributed by atoms with Gasteiger partial charge in [0.25, 0.3) is 10.1 Å². The Kier molecular flexibility index (Phi) is 10.3. The molecule has 1 fully saturated rings. The Labute approximate surface area is 243 Å². The lowest BCUT2D eigenvalue weighted by Crippen LogP contribution is -2.60. The molecule has 2 rings (SSSR count). The van der Waals surface area contributed by atoms with Gasteiger partial charge < -0.3 is 24.4 Å². The SMILES string of the molecule is C[C@H]1CN(c2ccncc2N(C(=O)OC(C)(C)C)C(=O)OC(C)(C)C)C[C@@H](NC(=O)OC(C)(C)C)C1OS(C)(=O)=O. The van der Waals surface area contributed by atoms with Crippen molar-refractivity contribution in [2.45, 2.75) is 98.2 Å². The highest BCUT2D eigenvalue weighted by atomic mass is 32.2. The van der Waals surface area contributed by atoms with Gasteiger partial charge in [0.1, 0.15) is 28.6 Å². The summed E-state index contributed by atoms with van der Waals surface area (Å²) in [5, 5.41) is 2.73. The Morgan fingerprint density at radius 2 is 1.44 bits per heavy atom. The predicted octanol–water partition coefficient (Wildman–Crippen LogP) is 4.45. The Bertz CT molecular complexity index is 1190. The molecule has 1 aliphatic heterocycles. The number of aromatic nitrogens is 1. The van der Waals surface area contributed by atoms with Gasteiger partial charge in [-0.15, -0.1) is 0 Å². The second kappa shape index (κ2) is 12.4. The molecule has 13 nitrogen and oxygen atoms in total. The summed E-state index contributed by atoms with van der Waals surface area (Å²) in [7, 11) is -3.87. The smallest absolute Gasteiger partial charge is 0.424 e. The van der Waals surface area contributed by atoms with Gasteiger partial charge in [-0.1, -0.05) is 6.92 Å². The molecular weight excluding hydrogens is 556 g/mol. The Morgan fingerprint density at radius 3 is 1.90 bits per heavy atom. The van der Waals surface area contributed by atoms with Crippen LogP contribution in [0.5, 0.6) is 0 Å². The lowest BCUT2D eigenvalue weighted by Gasteiger charge is -2.43. The van der Waals surface area contributed by atoms with E-state index in [1.807, 2.05) is 0 Å². The molecular formula is C27H44N4O9S. The number of hydrogen-bond acceptors (Lipinski definition) is 11. The van der Waals surface area contributed by atoms with Crippen LogP contribution < -0.4 is 15.1 Å². The molecule has 41 heavy (non-hydrogen) atoms. The zero-order chi connectivity index (χ0) is 31.6. The first-order valence-electron chi connectivity index (χ1n) is 13.3. The largest absolute Gasteiger partial charge is 0.444 e. The van der Waals surface area contributed by atoms with Gasteiger partial charge >= 0.3 is 18.3 Å². The summed E-state index contributed by atoms with van der Waals surface area (Å²) in [6, 6.07) is 0.757. The number of amides is 3. The van der Waals surface area contributed by atoms with Gasteiger partial charge in [0, 0.05) is 25.2 Å². The van der Waals surface area contributed by atoms with Gasteiger partial charge in [0.05, 0.1) is 24.2 Å². The standard InChI is InChI=1S/C27H44N4O9S/c1-17-15-30(16-18(21(17)40-41(11,35)36)29-22(32)37-25(2,3)4)19-12-13-28-14-20(19)31(23(33)38-26(5,6)7)24(34)39-27(8,9)10/h12-14,17-18,21H,15-16H2,1-11H3,(H,29,32)/t17-,18+,21?/m0/s1. The van der Waals surface area contributed by atoms with Crippen molar-refractivity contribution in [3.63, 3.8) is 0 Å². The van der Waals surface area contributed by atoms with Crippen molar-refractivity contribution < 1.29 is 41.2 Å². The van der Waals surface area contributed by atoms with Crippen LogP contribution in [-0.4, -0.2) is 80.0 Å². The summed E-state index contributed by atoms with van der Waals surface area (Å²) in [5.74, 6) is -0.434. The molecule has 3 atom stereocenters. The van der Waals surface area contributed by atoms with E-state index in [0.717, 1.165) is 11.2 Å². The van der Waals surface area contributed by atoms with Crippen LogP contribution in [0.4, 0.5) is 25.8 Å². The number of ether oxygens (including phenoxy) is 3. The maximum Gasteiger partial charge on any atom is 0.424 e. The van der Waals surface area contributed by atoms with Crippen molar-refractivity contribution in [3.8, 4) is 0 Å². The molecule has 1 unspecified atom stereocenters. The molecule has 0 spiro atoms. The predicted molar refractivity (Wildman–Crippen MR) is 153 cm³/mol. The molecule has 1 aromatic rings. The number of piperidine rings is 1. The monoisotopic (exact) mass is 600 g/mol. The molecule has 1 aromatic heterocycles. The Morgan fingerprint density at radius 1 is 0.927 bits per heavy atom. The topological polar surface area (TPSA) is 154 Å². The zero-order valence-electron chi connectivity index (χ0n) is 25.8. The van der Waals surface area contributed by atoms with Crippen molar-refractivity contribution in [1.82, 2.24) is 10.3 Å². The zero-order valence-corrected chi connectivity index (χ0v) is 26.6. The van der Waals surface area contributed by atoms with Crippen molar-refractivity contribution in [1.29, 1.82) is 0 Å². The quantitative estimate of drug-likeness (QED) is 0.376. The molecule has 1 aliphatic rings. The molecule has 0 aromatic carbocycles. The number of nitrogens with zero attached hydrogens (tertiary/aromatic N) is 3. The molecule has 0 bridgehead atoms. The molecule has 0 aliphatic carbocycles. The summed E-state index contributed by atoms with van der Waals surface area (Å²) >= 11 is 0. The number of rotatable bonds is 5. The lowest BCUT2D eigenvalue weighted by molar-refractivity contribution is 0.0378. The van der Waals surface area contributed by atoms with Crippen LogP contribution in [0.2, 0.25) is 0 Å². The van der Waals surface area contributed by atoms with E-state index in [9.17, 15) is 22.8 Å². The summed E-state index contributed by atoms with van der Waals surface area (Å²) in [5.41, 5.74) is -2.15. The van der Waals surface area contributed by atoms with Gasteiger partial charge in [-0.25, -0.2) is 14.4 Å². The molecule has 1 N–H and O–H groups in total. The maximum absolute atomic E-state index is 13.3. The van der Waals surface area contributed by atoms with Crippen molar-refractivity contribution in [3.05, 3.63) is 18.5 Å². The van der Waals surface area contributed by atoms with Crippen LogP contribution >= 0.6 is 0 Å². The van der Waals surface area contributed by atoms with E-state index in [1.165, 1.54) is 12.4 Å². The minimum Gasteiger partial charge on any atom is -0.444 e. The van der Waals surface area contributed by atoms with Crippen LogP contribution in [0.3, 0.4) is 0 Å². The van der Waals surface area contributed by atoms with Gasteiger partial charge in [-0.2, -0.15) is 13.3 Å². The number of hydrogen-bond donors (Lipinski definition) is 1. The van der Waals surface area contributed by atoms with Crippen LogP contribution in [-0.2, 0) is 28.5 Å². The average molecular weight is 601 g/mol. The number of carbonyl (C=O) groups excluding carboxylic acids is 3. The van der Waals surface area contributed by atoms with E-state index in [-0.39, 0.29) is 18.8 Å². The summed E-state index contributed by atoms with van der Waals surface area (Å²) in [4.78, 5) is 46.1. The van der Waals surface area contributed by atoms with Crippen LogP contribution in [0.1, 0.15) is 69.2 Å². The Hall–Kier alpha value is -3.13. The third kappa shape index (κ3) is 11.0. The third-order valence-corrected chi connectivity index (χ3v) is 5.95. The first kappa shape index (κ1) is 34.1. The van der Waals surface area contributed by atoms with E-state index in [4.69, 9.17) is 18.4 Å². The lowest BCUT2D eigenvalue weighted by atomic mass is 9.92. The van der Waals surface area contributed by atoms with Gasteiger partial charge in [-0.05, 0) is 68.4 Å². The second-order valence-corrected chi connectivity index (χ2v) is 14.7. The average Bonchev–Trinajstić information content (AvgIpc) is 2.71. The fourth-order valence-corrected chi connectivity index (χ4v) is 4.84. The molecule has 0 saturated carbocycles. The van der Waals surface area contributed by atoms with Gasteiger partial charge in [0.2, 0.25) is 0 Å². The number of nitrogens with one attached hydrogen (secondary N) is 1. The third-order valence-electron chi connectivity index (χ3n) is 5.38. The number of pyridine rings is 1. The molecule has 3 amide bonds. The minimum atomic E-state index is -3.87.